The third-order valence-electron chi connectivity index (χ3n) is 1.47. The largest absolute Gasteiger partial charge is 2.00 e. The molecule has 0 aromatic heterocycles. The van der Waals surface area contributed by atoms with Gasteiger partial charge in [0, 0.05) is 5.02 Å². The van der Waals surface area contributed by atoms with Gasteiger partial charge in [-0.15, -0.1) is 0 Å². The van der Waals surface area contributed by atoms with Gasteiger partial charge in [-0.05, 0) is 0 Å². The number of benzene rings is 1. The molecule has 0 unspecified atom stereocenters. The zero-order chi connectivity index (χ0) is 13.5. The Balaban J connectivity index is -0.000000196. The Hall–Kier alpha value is -1.27. The molecule has 0 N–H and O–H groups in total. The van der Waals surface area contributed by atoms with E-state index in [1.54, 1.807) is 0 Å². The summed E-state index contributed by atoms with van der Waals surface area (Å²) < 4.78 is 15.0. The first-order valence-electron chi connectivity index (χ1n) is 4.44. The zero-order valence-corrected chi connectivity index (χ0v) is 11.3. The van der Waals surface area contributed by atoms with Crippen LogP contribution in [-0.4, -0.2) is 0 Å². The van der Waals surface area contributed by atoms with E-state index >= 15 is 0 Å². The summed E-state index contributed by atoms with van der Waals surface area (Å²) in [6.07, 6.45) is 0. The fourth-order valence-electron chi connectivity index (χ4n) is 0.805. The maximum absolute atomic E-state index is 7.50. The van der Waals surface area contributed by atoms with E-state index < -0.39 is 0 Å². The van der Waals surface area contributed by atoms with Crippen molar-refractivity contribution in [3.8, 4) is 0 Å². The van der Waals surface area contributed by atoms with E-state index in [1.807, 2.05) is 54.6 Å². The molecule has 0 radical (unpaired) electrons. The average molecular weight is 303 g/mol. The minimum Gasteiger partial charge on any atom is -0.214 e. The summed E-state index contributed by atoms with van der Waals surface area (Å²) in [6.45, 7) is 12.7. The van der Waals surface area contributed by atoms with Crippen molar-refractivity contribution in [3.63, 3.8) is 0 Å². The number of halogens is 1. The van der Waals surface area contributed by atoms with Gasteiger partial charge < -0.3 is 0 Å². The fraction of sp³-hybridized carbons (Fsp3) is 0. The monoisotopic (exact) mass is 302 g/mol. The number of rotatable bonds is 0. The van der Waals surface area contributed by atoms with Gasteiger partial charge in [0.05, 0.1) is 0 Å². The summed E-state index contributed by atoms with van der Waals surface area (Å²) in [6, 6.07) is 17.4. The van der Waals surface area contributed by atoms with Crippen LogP contribution in [0.1, 0.15) is 5.56 Å². The predicted octanol–water partition coefficient (Wildman–Crippen LogP) is 3.85. The number of hydrogen-bond acceptors (Lipinski definition) is 0. The van der Waals surface area contributed by atoms with Crippen molar-refractivity contribution < 1.29 is 26.4 Å². The molecule has 18 heavy (non-hydrogen) atoms. The van der Waals surface area contributed by atoms with E-state index in [2.05, 4.69) is 20.2 Å². The van der Waals surface area contributed by atoms with Crippen molar-refractivity contribution in [2.75, 3.05) is 0 Å². The van der Waals surface area contributed by atoms with Gasteiger partial charge in [0.1, 0.15) is 0 Å². The van der Waals surface area contributed by atoms with Crippen LogP contribution in [0.2, 0.25) is 5.02 Å². The maximum atomic E-state index is 7.50. The number of hydrogen-bond donors (Lipinski definition) is 0. The summed E-state index contributed by atoms with van der Waals surface area (Å²) in [4.78, 5) is 0. The Morgan fingerprint density at radius 2 is 1.33 bits per heavy atom. The fourth-order valence-corrected chi connectivity index (χ4v) is 0.931. The zero-order valence-electron chi connectivity index (χ0n) is 9.45. The molecule has 2 rings (SSSR count). The molecule has 0 aliphatic rings. The predicted molar refractivity (Wildman–Crippen MR) is 65.8 cm³/mol. The van der Waals surface area contributed by atoms with Crippen LogP contribution in [0.15, 0.2) is 54.6 Å². The molecular formula is C14H11ClFeO2. The van der Waals surface area contributed by atoms with E-state index in [0.29, 0.717) is 0 Å². The molecule has 0 aliphatic carbocycles. The van der Waals surface area contributed by atoms with Crippen LogP contribution in [0.25, 0.3) is 0 Å². The van der Waals surface area contributed by atoms with Gasteiger partial charge in [-0.1, -0.05) is 23.7 Å². The first-order chi connectivity index (χ1) is 8.29. The second kappa shape index (κ2) is 18.1. The van der Waals surface area contributed by atoms with Crippen molar-refractivity contribution in [2.45, 2.75) is 0 Å². The van der Waals surface area contributed by atoms with Gasteiger partial charge in [-0.2, -0.15) is 42.8 Å². The molecule has 0 fully saturated rings. The van der Waals surface area contributed by atoms with Crippen molar-refractivity contribution in [2.24, 2.45) is 0 Å². The Morgan fingerprint density at radius 3 is 1.56 bits per heavy atom. The molecule has 0 aliphatic heterocycles. The molecular weight excluding hydrogens is 291 g/mol. The van der Waals surface area contributed by atoms with E-state index in [-0.39, 0.29) is 17.1 Å². The topological polar surface area (TPSA) is 39.8 Å². The van der Waals surface area contributed by atoms with Crippen molar-refractivity contribution >= 4 is 11.6 Å². The Labute approximate surface area is 123 Å². The Morgan fingerprint density at radius 1 is 0.944 bits per heavy atom. The normalized spacial score (nSPS) is 6.50. The summed E-state index contributed by atoms with van der Waals surface area (Å²) >= 11 is 5.58. The minimum atomic E-state index is 0. The molecule has 0 saturated carbocycles. The molecule has 2 nitrogen and oxygen atoms in total. The quantitative estimate of drug-likeness (QED) is 0.403. The molecule has 4 heteroatoms. The Bertz CT molecular complexity index is 347. The third-order valence-corrected chi connectivity index (χ3v) is 1.72. The first-order valence-corrected chi connectivity index (χ1v) is 4.82. The molecule has 0 amide bonds. The van der Waals surface area contributed by atoms with Crippen LogP contribution in [-0.2, 0) is 26.4 Å². The van der Waals surface area contributed by atoms with Crippen LogP contribution in [0.4, 0.5) is 0 Å². The summed E-state index contributed by atoms with van der Waals surface area (Å²) in [5.74, 6) is 0. The van der Waals surface area contributed by atoms with E-state index in [4.69, 9.17) is 20.9 Å². The van der Waals surface area contributed by atoms with Gasteiger partial charge in [-0.25, -0.2) is 12.1 Å². The van der Waals surface area contributed by atoms with Crippen LogP contribution in [0.5, 0.6) is 0 Å². The van der Waals surface area contributed by atoms with Crippen molar-refractivity contribution in [1.82, 2.24) is 0 Å². The maximum Gasteiger partial charge on any atom is 2.00 e. The Kier molecular flexibility index (Phi) is 22.1. The first kappa shape index (κ1) is 22.0. The molecule has 2 aromatic carbocycles. The van der Waals surface area contributed by atoms with Crippen LogP contribution >= 0.6 is 11.6 Å². The second-order valence-electron chi connectivity index (χ2n) is 2.59. The molecule has 0 bridgehead atoms. The molecule has 94 valence electrons. The standard InChI is InChI=1S/C7H6Cl.C5H5.2CO.Fe/c1-6-2-4-7(8)5-3-6;1-2-4-5-3-1;2*1-2;/h2-5H,1H2;1-5H;;;/q2*-1;;;+2. The van der Waals surface area contributed by atoms with E-state index in [1.165, 1.54) is 0 Å². The molecule has 0 atom stereocenters. The van der Waals surface area contributed by atoms with E-state index in [9.17, 15) is 0 Å². The van der Waals surface area contributed by atoms with Gasteiger partial charge >= 0.3 is 39.7 Å². The molecule has 0 spiro atoms. The third kappa shape index (κ3) is 14.7. The molecule has 0 heterocycles. The van der Waals surface area contributed by atoms with Gasteiger partial charge in [0.2, 0.25) is 0 Å². The van der Waals surface area contributed by atoms with Gasteiger partial charge in [-0.3, -0.25) is 0 Å². The smallest absolute Gasteiger partial charge is 0.214 e. The molecule has 2 aromatic rings. The summed E-state index contributed by atoms with van der Waals surface area (Å²) in [7, 11) is 0. The van der Waals surface area contributed by atoms with E-state index in [0.717, 1.165) is 10.6 Å². The summed E-state index contributed by atoms with van der Waals surface area (Å²) in [5, 5.41) is 0.761. The van der Waals surface area contributed by atoms with Gasteiger partial charge in [0.25, 0.3) is 0 Å². The SMILES string of the molecule is [C-]#[O+].[C-]#[O+].[CH2-]c1ccc(Cl)cc1.[Fe+2].c1cc[cH-]c1. The van der Waals surface area contributed by atoms with Gasteiger partial charge in [0.15, 0.2) is 0 Å². The van der Waals surface area contributed by atoms with Crippen molar-refractivity contribution in [3.05, 3.63) is 85.4 Å². The van der Waals surface area contributed by atoms with Crippen LogP contribution in [0.3, 0.4) is 0 Å². The second-order valence-corrected chi connectivity index (χ2v) is 3.03. The minimum absolute atomic E-state index is 0. The van der Waals surface area contributed by atoms with Crippen molar-refractivity contribution in [1.29, 1.82) is 0 Å². The summed E-state index contributed by atoms with van der Waals surface area (Å²) in [5.41, 5.74) is 0.995. The molecule has 0 saturated heterocycles. The van der Waals surface area contributed by atoms with Crippen LogP contribution in [0, 0.1) is 20.2 Å². The average Bonchev–Trinajstić information content (AvgIpc) is 2.97. The van der Waals surface area contributed by atoms with Crippen LogP contribution < -0.4 is 0 Å².